The second kappa shape index (κ2) is 8.29. The Morgan fingerprint density at radius 2 is 1.81 bits per heavy atom. The van der Waals surface area contributed by atoms with Gasteiger partial charge < -0.3 is 4.90 Å². The van der Waals surface area contributed by atoms with Gasteiger partial charge in [0.1, 0.15) is 27.4 Å². The van der Waals surface area contributed by atoms with Gasteiger partial charge in [-0.15, -0.1) is 11.3 Å². The van der Waals surface area contributed by atoms with Gasteiger partial charge in [-0.1, -0.05) is 30.3 Å². The third-order valence-corrected chi connectivity index (χ3v) is 5.78. The van der Waals surface area contributed by atoms with Gasteiger partial charge >= 0.3 is 0 Å². The average Bonchev–Trinajstić information content (AvgIpc) is 2.99. The van der Waals surface area contributed by atoms with Crippen molar-refractivity contribution in [2.24, 2.45) is 0 Å². The first kappa shape index (κ1) is 18.3. The van der Waals surface area contributed by atoms with Gasteiger partial charge in [-0.05, 0) is 44.7 Å². The lowest BCUT2D eigenvalue weighted by molar-refractivity contribution is 0.766. The van der Waals surface area contributed by atoms with E-state index in [9.17, 15) is 5.26 Å². The quantitative estimate of drug-likeness (QED) is 0.599. The Balaban J connectivity index is 1.92. The fourth-order valence-corrected chi connectivity index (χ4v) is 4.22. The van der Waals surface area contributed by atoms with Crippen LogP contribution in [-0.2, 0) is 12.8 Å². The van der Waals surface area contributed by atoms with Crippen molar-refractivity contribution < 1.29 is 0 Å². The maximum atomic E-state index is 9.40. The predicted octanol–water partition coefficient (Wildman–Crippen LogP) is 4.89. The molecule has 0 N–H and O–H groups in total. The first-order chi connectivity index (χ1) is 12.7. The van der Waals surface area contributed by atoms with Gasteiger partial charge in [-0.25, -0.2) is 9.97 Å². The Kier molecular flexibility index (Phi) is 5.85. The Morgan fingerprint density at radius 1 is 1.08 bits per heavy atom. The van der Waals surface area contributed by atoms with Gasteiger partial charge in [0, 0.05) is 19.5 Å². The summed E-state index contributed by atoms with van der Waals surface area (Å²) in [5, 5.41) is 10.4. The summed E-state index contributed by atoms with van der Waals surface area (Å²) in [5.41, 5.74) is 2.35. The number of nitriles is 1. The zero-order valence-electron chi connectivity index (χ0n) is 15.6. The molecule has 0 unspecified atom stereocenters. The highest BCUT2D eigenvalue weighted by Crippen LogP contribution is 2.35. The normalized spacial score (nSPS) is 10.8. The van der Waals surface area contributed by atoms with Crippen molar-refractivity contribution in [3.8, 4) is 6.07 Å². The number of hydrogen-bond donors (Lipinski definition) is 0. The summed E-state index contributed by atoms with van der Waals surface area (Å²) in [6.07, 6.45) is 2.89. The van der Waals surface area contributed by atoms with Crippen molar-refractivity contribution in [3.63, 3.8) is 0 Å². The van der Waals surface area contributed by atoms with Crippen molar-refractivity contribution in [2.75, 3.05) is 18.0 Å². The molecule has 0 radical (unpaired) electrons. The Bertz CT molecular complexity index is 921. The predicted molar refractivity (Wildman–Crippen MR) is 109 cm³/mol. The van der Waals surface area contributed by atoms with Gasteiger partial charge in [0.05, 0.1) is 5.39 Å². The number of aryl methyl sites for hydroxylation is 3. The second-order valence-electron chi connectivity index (χ2n) is 6.32. The maximum Gasteiger partial charge on any atom is 0.141 e. The van der Waals surface area contributed by atoms with Crippen LogP contribution in [0, 0.1) is 18.3 Å². The number of rotatable bonds is 7. The van der Waals surface area contributed by atoms with Crippen LogP contribution in [0.15, 0.2) is 30.3 Å². The van der Waals surface area contributed by atoms with E-state index in [-0.39, 0.29) is 0 Å². The molecule has 0 aliphatic heterocycles. The van der Waals surface area contributed by atoms with Crippen molar-refractivity contribution in [2.45, 2.75) is 40.0 Å². The molecule has 134 valence electrons. The van der Waals surface area contributed by atoms with Gasteiger partial charge in [-0.3, -0.25) is 0 Å². The van der Waals surface area contributed by atoms with Crippen molar-refractivity contribution in [1.29, 1.82) is 5.26 Å². The lowest BCUT2D eigenvalue weighted by atomic mass is 10.1. The molecule has 0 fully saturated rings. The first-order valence-electron chi connectivity index (χ1n) is 9.16. The highest BCUT2D eigenvalue weighted by molar-refractivity contribution is 7.19. The SMILES string of the molecule is CCN(CC)c1nc(CCCc2ccccc2)nc2sc(C#N)c(C)c12. The first-order valence-corrected chi connectivity index (χ1v) is 9.98. The summed E-state index contributed by atoms with van der Waals surface area (Å²) in [7, 11) is 0. The molecule has 5 heteroatoms. The molecule has 1 aromatic carbocycles. The number of hydrogen-bond acceptors (Lipinski definition) is 5. The number of nitrogens with zero attached hydrogens (tertiary/aromatic N) is 4. The number of fused-ring (bicyclic) bond motifs is 1. The second-order valence-corrected chi connectivity index (χ2v) is 7.32. The zero-order valence-corrected chi connectivity index (χ0v) is 16.4. The molecular weight excluding hydrogens is 340 g/mol. The third kappa shape index (κ3) is 3.71. The molecule has 0 aliphatic carbocycles. The molecule has 3 aromatic rings. The van der Waals surface area contributed by atoms with Crippen LogP contribution in [0.5, 0.6) is 0 Å². The van der Waals surface area contributed by atoms with E-state index in [1.807, 2.05) is 13.0 Å². The Labute approximate surface area is 159 Å². The van der Waals surface area contributed by atoms with E-state index in [4.69, 9.17) is 9.97 Å². The zero-order chi connectivity index (χ0) is 18.5. The highest BCUT2D eigenvalue weighted by atomic mass is 32.1. The molecule has 3 rings (SSSR count). The summed E-state index contributed by atoms with van der Waals surface area (Å²) in [4.78, 5) is 13.6. The standard InChI is InChI=1S/C21H24N4S/c1-4-25(5-2)20-19-15(3)17(14-22)26-21(19)24-18(23-20)13-9-12-16-10-7-6-8-11-16/h6-8,10-11H,4-5,9,12-13H2,1-3H3. The van der Waals surface area contributed by atoms with E-state index < -0.39 is 0 Å². The molecule has 26 heavy (non-hydrogen) atoms. The number of benzene rings is 1. The minimum absolute atomic E-state index is 0.740. The van der Waals surface area contributed by atoms with Crippen LogP contribution in [0.3, 0.4) is 0 Å². The van der Waals surface area contributed by atoms with Crippen molar-refractivity contribution in [3.05, 3.63) is 52.2 Å². The van der Waals surface area contributed by atoms with Crippen LogP contribution in [0.1, 0.15) is 42.1 Å². The van der Waals surface area contributed by atoms with Crippen molar-refractivity contribution in [1.82, 2.24) is 9.97 Å². The van der Waals surface area contributed by atoms with Gasteiger partial charge in [0.25, 0.3) is 0 Å². The molecule has 0 bridgehead atoms. The van der Waals surface area contributed by atoms with E-state index in [1.54, 1.807) is 0 Å². The van der Waals surface area contributed by atoms with Crippen LogP contribution >= 0.6 is 11.3 Å². The van der Waals surface area contributed by atoms with Crippen LogP contribution in [0.4, 0.5) is 5.82 Å². The summed E-state index contributed by atoms with van der Waals surface area (Å²) < 4.78 is 0. The van der Waals surface area contributed by atoms with Crippen LogP contribution in [-0.4, -0.2) is 23.1 Å². The van der Waals surface area contributed by atoms with Crippen LogP contribution < -0.4 is 4.90 Å². The molecule has 0 spiro atoms. The average molecular weight is 365 g/mol. The minimum atomic E-state index is 0.740. The fourth-order valence-electron chi connectivity index (χ4n) is 3.23. The van der Waals surface area contributed by atoms with E-state index in [0.29, 0.717) is 0 Å². The summed E-state index contributed by atoms with van der Waals surface area (Å²) in [5.74, 6) is 1.85. The lowest BCUT2D eigenvalue weighted by Gasteiger charge is -2.21. The number of aromatic nitrogens is 2. The molecule has 0 saturated heterocycles. The smallest absolute Gasteiger partial charge is 0.141 e. The summed E-state index contributed by atoms with van der Waals surface area (Å²) in [6.45, 7) is 8.06. The van der Waals surface area contributed by atoms with Gasteiger partial charge in [0.2, 0.25) is 0 Å². The van der Waals surface area contributed by atoms with E-state index in [0.717, 1.165) is 64.7 Å². The number of anilines is 1. The minimum Gasteiger partial charge on any atom is -0.357 e. The number of thiophene rings is 1. The summed E-state index contributed by atoms with van der Waals surface area (Å²) >= 11 is 1.48. The Hall–Kier alpha value is -2.45. The van der Waals surface area contributed by atoms with Gasteiger partial charge in [-0.2, -0.15) is 5.26 Å². The highest BCUT2D eigenvalue weighted by Gasteiger charge is 2.19. The molecule has 4 nitrogen and oxygen atoms in total. The van der Waals surface area contributed by atoms with E-state index in [2.05, 4.69) is 49.1 Å². The third-order valence-electron chi connectivity index (χ3n) is 4.69. The topological polar surface area (TPSA) is 52.8 Å². The monoisotopic (exact) mass is 364 g/mol. The molecule has 0 amide bonds. The molecule has 0 aliphatic rings. The Morgan fingerprint density at radius 3 is 2.46 bits per heavy atom. The van der Waals surface area contributed by atoms with E-state index >= 15 is 0 Å². The fraction of sp³-hybridized carbons (Fsp3) is 0.381. The molecule has 2 aromatic heterocycles. The summed E-state index contributed by atoms with van der Waals surface area (Å²) in [6, 6.07) is 12.8. The maximum absolute atomic E-state index is 9.40. The lowest BCUT2D eigenvalue weighted by Crippen LogP contribution is -2.24. The molecule has 2 heterocycles. The molecule has 0 atom stereocenters. The van der Waals surface area contributed by atoms with Crippen molar-refractivity contribution >= 4 is 27.4 Å². The van der Waals surface area contributed by atoms with Crippen LogP contribution in [0.2, 0.25) is 0 Å². The largest absolute Gasteiger partial charge is 0.357 e. The molecular formula is C21H24N4S. The molecule has 0 saturated carbocycles. The van der Waals surface area contributed by atoms with Gasteiger partial charge in [0.15, 0.2) is 0 Å². The van der Waals surface area contributed by atoms with Crippen LogP contribution in [0.25, 0.3) is 10.2 Å². The van der Waals surface area contributed by atoms with E-state index in [1.165, 1.54) is 16.9 Å².